The Balaban J connectivity index is 2.47. The third-order valence-electron chi connectivity index (χ3n) is 1.58. The Morgan fingerprint density at radius 2 is 2.21 bits per heavy atom. The normalized spacial score (nSPS) is 10.4. The van der Waals surface area contributed by atoms with Crippen molar-refractivity contribution in [2.45, 2.75) is 6.92 Å². The molecule has 2 aromatic heterocycles. The van der Waals surface area contributed by atoms with E-state index in [0.29, 0.717) is 16.1 Å². The Labute approximate surface area is 93.4 Å². The molecular weight excluding hydrogens is 264 g/mol. The van der Waals surface area contributed by atoms with Gasteiger partial charge in [-0.15, -0.1) is 11.3 Å². The van der Waals surface area contributed by atoms with Gasteiger partial charge in [-0.2, -0.15) is 0 Å². The SMILES string of the molecule is Cc1csc(-c2ncc(Br)c(N)n2)n1. The number of thiazole rings is 1. The van der Waals surface area contributed by atoms with E-state index in [1.807, 2.05) is 12.3 Å². The van der Waals surface area contributed by atoms with E-state index in [9.17, 15) is 0 Å². The van der Waals surface area contributed by atoms with Crippen LogP contribution in [0.2, 0.25) is 0 Å². The maximum absolute atomic E-state index is 5.64. The first-order valence-corrected chi connectivity index (χ1v) is 5.54. The van der Waals surface area contributed by atoms with Crippen molar-refractivity contribution in [3.05, 3.63) is 21.7 Å². The molecule has 14 heavy (non-hydrogen) atoms. The van der Waals surface area contributed by atoms with Gasteiger partial charge in [-0.05, 0) is 22.9 Å². The first-order valence-electron chi connectivity index (χ1n) is 3.87. The van der Waals surface area contributed by atoms with Crippen molar-refractivity contribution in [3.63, 3.8) is 0 Å². The number of aromatic nitrogens is 3. The summed E-state index contributed by atoms with van der Waals surface area (Å²) in [6.45, 7) is 1.93. The molecule has 0 spiro atoms. The van der Waals surface area contributed by atoms with Crippen molar-refractivity contribution in [3.8, 4) is 10.8 Å². The molecule has 0 aromatic carbocycles. The van der Waals surface area contributed by atoms with Gasteiger partial charge in [0.15, 0.2) is 10.8 Å². The number of nitrogens with two attached hydrogens (primary N) is 1. The lowest BCUT2D eigenvalue weighted by Gasteiger charge is -1.98. The quantitative estimate of drug-likeness (QED) is 0.864. The van der Waals surface area contributed by atoms with Crippen LogP contribution in [0.15, 0.2) is 16.0 Å². The van der Waals surface area contributed by atoms with Gasteiger partial charge in [-0.25, -0.2) is 15.0 Å². The van der Waals surface area contributed by atoms with Crippen molar-refractivity contribution < 1.29 is 0 Å². The minimum Gasteiger partial charge on any atom is -0.383 e. The van der Waals surface area contributed by atoms with Crippen LogP contribution in [0, 0.1) is 6.92 Å². The van der Waals surface area contributed by atoms with Gasteiger partial charge in [0.1, 0.15) is 5.82 Å². The van der Waals surface area contributed by atoms with Crippen molar-refractivity contribution in [1.82, 2.24) is 15.0 Å². The van der Waals surface area contributed by atoms with E-state index in [-0.39, 0.29) is 0 Å². The second kappa shape index (κ2) is 3.62. The second-order valence-corrected chi connectivity index (χ2v) is 4.43. The van der Waals surface area contributed by atoms with Gasteiger partial charge in [0.05, 0.1) is 4.47 Å². The molecule has 2 heterocycles. The summed E-state index contributed by atoms with van der Waals surface area (Å²) < 4.78 is 0.703. The predicted molar refractivity (Wildman–Crippen MR) is 60.0 cm³/mol. The topological polar surface area (TPSA) is 64.7 Å². The van der Waals surface area contributed by atoms with Gasteiger partial charge >= 0.3 is 0 Å². The largest absolute Gasteiger partial charge is 0.383 e. The van der Waals surface area contributed by atoms with Crippen LogP contribution >= 0.6 is 27.3 Å². The molecule has 0 saturated carbocycles. The third kappa shape index (κ3) is 1.76. The van der Waals surface area contributed by atoms with Crippen LogP contribution in [0.1, 0.15) is 5.69 Å². The molecule has 0 amide bonds. The molecular formula is C8H7BrN4S. The molecule has 0 saturated heterocycles. The summed E-state index contributed by atoms with van der Waals surface area (Å²) in [5.74, 6) is 1.01. The van der Waals surface area contributed by atoms with Crippen LogP contribution in [-0.2, 0) is 0 Å². The van der Waals surface area contributed by atoms with Crippen LogP contribution in [-0.4, -0.2) is 15.0 Å². The Bertz CT molecular complexity index is 468. The summed E-state index contributed by atoms with van der Waals surface area (Å²) in [6, 6.07) is 0. The monoisotopic (exact) mass is 270 g/mol. The van der Waals surface area contributed by atoms with E-state index in [1.165, 1.54) is 11.3 Å². The van der Waals surface area contributed by atoms with Gasteiger partial charge < -0.3 is 5.73 Å². The maximum Gasteiger partial charge on any atom is 0.190 e. The number of anilines is 1. The number of rotatable bonds is 1. The first-order chi connectivity index (χ1) is 6.66. The minimum atomic E-state index is 0.433. The number of hydrogen-bond donors (Lipinski definition) is 1. The van der Waals surface area contributed by atoms with Crippen LogP contribution in [0.5, 0.6) is 0 Å². The molecule has 72 valence electrons. The molecule has 0 atom stereocenters. The zero-order chi connectivity index (χ0) is 10.1. The van der Waals surface area contributed by atoms with E-state index in [2.05, 4.69) is 30.9 Å². The van der Waals surface area contributed by atoms with Crippen LogP contribution in [0.25, 0.3) is 10.8 Å². The lowest BCUT2D eigenvalue weighted by Crippen LogP contribution is -1.96. The molecule has 0 bridgehead atoms. The smallest absolute Gasteiger partial charge is 0.190 e. The van der Waals surface area contributed by atoms with E-state index in [4.69, 9.17) is 5.73 Å². The molecule has 2 rings (SSSR count). The predicted octanol–water partition coefficient (Wildman–Crippen LogP) is 2.25. The zero-order valence-electron chi connectivity index (χ0n) is 7.36. The molecule has 6 heteroatoms. The van der Waals surface area contributed by atoms with E-state index >= 15 is 0 Å². The lowest BCUT2D eigenvalue weighted by molar-refractivity contribution is 1.14. The van der Waals surface area contributed by atoms with Crippen LogP contribution in [0.3, 0.4) is 0 Å². The summed E-state index contributed by atoms with van der Waals surface area (Å²) >= 11 is 4.75. The number of nitrogens with zero attached hydrogens (tertiary/aromatic N) is 3. The summed E-state index contributed by atoms with van der Waals surface area (Å²) in [5.41, 5.74) is 6.61. The van der Waals surface area contributed by atoms with Gasteiger partial charge in [-0.3, -0.25) is 0 Å². The molecule has 2 aromatic rings. The summed E-state index contributed by atoms with van der Waals surface area (Å²) in [5, 5.41) is 2.75. The summed E-state index contributed by atoms with van der Waals surface area (Å²) in [6.07, 6.45) is 1.63. The van der Waals surface area contributed by atoms with Gasteiger partial charge in [-0.1, -0.05) is 0 Å². The second-order valence-electron chi connectivity index (χ2n) is 2.72. The fourth-order valence-electron chi connectivity index (χ4n) is 0.940. The molecule has 0 aliphatic carbocycles. The highest BCUT2D eigenvalue weighted by Gasteiger charge is 2.07. The minimum absolute atomic E-state index is 0.433. The highest BCUT2D eigenvalue weighted by atomic mass is 79.9. The highest BCUT2D eigenvalue weighted by molar-refractivity contribution is 9.10. The van der Waals surface area contributed by atoms with Crippen molar-refractivity contribution >= 4 is 33.1 Å². The molecule has 0 fully saturated rings. The van der Waals surface area contributed by atoms with Gasteiger partial charge in [0.2, 0.25) is 0 Å². The summed E-state index contributed by atoms with van der Waals surface area (Å²) in [7, 11) is 0. The average Bonchev–Trinajstić information content (AvgIpc) is 2.57. The number of aryl methyl sites for hydroxylation is 1. The Kier molecular flexibility index (Phi) is 2.47. The molecule has 0 aliphatic rings. The van der Waals surface area contributed by atoms with Gasteiger partial charge in [0, 0.05) is 17.3 Å². The average molecular weight is 271 g/mol. The fraction of sp³-hybridized carbons (Fsp3) is 0.125. The number of halogens is 1. The molecule has 0 aliphatic heterocycles. The number of hydrogen-bond acceptors (Lipinski definition) is 5. The van der Waals surface area contributed by atoms with Gasteiger partial charge in [0.25, 0.3) is 0 Å². The molecule has 0 radical (unpaired) electrons. The van der Waals surface area contributed by atoms with Crippen molar-refractivity contribution in [2.24, 2.45) is 0 Å². The first kappa shape index (κ1) is 9.54. The van der Waals surface area contributed by atoms with E-state index < -0.39 is 0 Å². The standard InChI is InChI=1S/C8H7BrN4S/c1-4-3-14-8(12-4)7-11-2-5(9)6(10)13-7/h2-3H,1H3,(H2,10,11,13). The fourth-order valence-corrected chi connectivity index (χ4v) is 1.87. The van der Waals surface area contributed by atoms with E-state index in [0.717, 1.165) is 10.7 Å². The van der Waals surface area contributed by atoms with Crippen LogP contribution in [0.4, 0.5) is 5.82 Å². The van der Waals surface area contributed by atoms with E-state index in [1.54, 1.807) is 6.20 Å². The zero-order valence-corrected chi connectivity index (χ0v) is 9.76. The Morgan fingerprint density at radius 1 is 1.43 bits per heavy atom. The maximum atomic E-state index is 5.64. The Morgan fingerprint density at radius 3 is 2.79 bits per heavy atom. The number of nitrogen functional groups attached to an aromatic ring is 1. The van der Waals surface area contributed by atoms with Crippen molar-refractivity contribution in [1.29, 1.82) is 0 Å². The third-order valence-corrected chi connectivity index (χ3v) is 3.15. The lowest BCUT2D eigenvalue weighted by atomic mass is 10.5. The Hall–Kier alpha value is -1.01. The molecule has 4 nitrogen and oxygen atoms in total. The molecule has 0 unspecified atom stereocenters. The molecule has 2 N–H and O–H groups in total. The summed E-state index contributed by atoms with van der Waals surface area (Å²) in [4.78, 5) is 12.5. The van der Waals surface area contributed by atoms with Crippen LogP contribution < -0.4 is 5.73 Å². The van der Waals surface area contributed by atoms with Crippen molar-refractivity contribution in [2.75, 3.05) is 5.73 Å². The highest BCUT2D eigenvalue weighted by Crippen LogP contribution is 2.23.